The molecule has 0 spiro atoms. The van der Waals surface area contributed by atoms with Crippen molar-refractivity contribution in [1.82, 2.24) is 0 Å². The molecule has 1 aliphatic rings. The molecule has 1 aliphatic carbocycles. The van der Waals surface area contributed by atoms with Crippen LogP contribution in [0.1, 0.15) is 11.1 Å². The lowest BCUT2D eigenvalue weighted by atomic mass is 9.82. The minimum atomic E-state index is 0.617. The Hall–Kier alpha value is -1.28. The molecule has 0 radical (unpaired) electrons. The standard InChI is InChI=1S/C11H13NO/c1-13-10-3-2-8-6-9(4-5-12)11(8)7-10/h2-4,7H,5-6,12H2,1H3/b9-4-. The maximum atomic E-state index is 5.46. The van der Waals surface area contributed by atoms with Crippen LogP contribution in [0.4, 0.5) is 0 Å². The van der Waals surface area contributed by atoms with Gasteiger partial charge in [-0.15, -0.1) is 0 Å². The maximum Gasteiger partial charge on any atom is 0.119 e. The summed E-state index contributed by atoms with van der Waals surface area (Å²) in [5.74, 6) is 0.918. The smallest absolute Gasteiger partial charge is 0.119 e. The second-order valence-electron chi connectivity index (χ2n) is 3.16. The van der Waals surface area contributed by atoms with Gasteiger partial charge in [0, 0.05) is 6.54 Å². The van der Waals surface area contributed by atoms with Crippen molar-refractivity contribution in [3.8, 4) is 5.75 Å². The van der Waals surface area contributed by atoms with Gasteiger partial charge in [0.1, 0.15) is 5.75 Å². The zero-order valence-corrected chi connectivity index (χ0v) is 7.71. The fourth-order valence-electron chi connectivity index (χ4n) is 1.65. The summed E-state index contributed by atoms with van der Waals surface area (Å²) in [5.41, 5.74) is 9.49. The molecule has 13 heavy (non-hydrogen) atoms. The van der Waals surface area contributed by atoms with E-state index in [4.69, 9.17) is 10.5 Å². The molecule has 2 N–H and O–H groups in total. The number of benzene rings is 1. The van der Waals surface area contributed by atoms with Gasteiger partial charge < -0.3 is 10.5 Å². The lowest BCUT2D eigenvalue weighted by molar-refractivity contribution is 0.414. The van der Waals surface area contributed by atoms with Gasteiger partial charge in [0.15, 0.2) is 0 Å². The summed E-state index contributed by atoms with van der Waals surface area (Å²) in [6, 6.07) is 6.18. The quantitative estimate of drug-likeness (QED) is 0.740. The molecule has 1 aromatic carbocycles. The third-order valence-corrected chi connectivity index (χ3v) is 2.41. The Balaban J connectivity index is 2.34. The molecule has 2 nitrogen and oxygen atoms in total. The van der Waals surface area contributed by atoms with Crippen LogP contribution in [0.25, 0.3) is 5.57 Å². The van der Waals surface area contributed by atoms with Gasteiger partial charge in [-0.3, -0.25) is 0 Å². The third-order valence-electron chi connectivity index (χ3n) is 2.41. The van der Waals surface area contributed by atoms with E-state index in [9.17, 15) is 0 Å². The first-order valence-electron chi connectivity index (χ1n) is 4.41. The highest BCUT2D eigenvalue weighted by atomic mass is 16.5. The summed E-state index contributed by atoms with van der Waals surface area (Å²) < 4.78 is 5.15. The van der Waals surface area contributed by atoms with Crippen molar-refractivity contribution in [2.75, 3.05) is 13.7 Å². The fourth-order valence-corrected chi connectivity index (χ4v) is 1.65. The number of nitrogens with two attached hydrogens (primary N) is 1. The SMILES string of the molecule is COc1ccc2c(c1)/C(=C\CN)C2. The van der Waals surface area contributed by atoms with Crippen LogP contribution in [-0.2, 0) is 6.42 Å². The number of rotatable bonds is 2. The van der Waals surface area contributed by atoms with Crippen LogP contribution in [-0.4, -0.2) is 13.7 Å². The summed E-state index contributed by atoms with van der Waals surface area (Å²) >= 11 is 0. The summed E-state index contributed by atoms with van der Waals surface area (Å²) in [7, 11) is 1.69. The van der Waals surface area contributed by atoms with E-state index in [-0.39, 0.29) is 0 Å². The van der Waals surface area contributed by atoms with E-state index in [0.717, 1.165) is 12.2 Å². The van der Waals surface area contributed by atoms with Crippen molar-refractivity contribution in [1.29, 1.82) is 0 Å². The minimum absolute atomic E-state index is 0.617. The van der Waals surface area contributed by atoms with E-state index in [1.807, 2.05) is 6.07 Å². The Morgan fingerprint density at radius 2 is 2.38 bits per heavy atom. The number of allylic oxidation sites excluding steroid dienone is 1. The second-order valence-corrected chi connectivity index (χ2v) is 3.16. The third kappa shape index (κ3) is 1.33. The molecule has 0 bridgehead atoms. The average Bonchev–Trinajstić information content (AvgIpc) is 2.14. The van der Waals surface area contributed by atoms with Crippen molar-refractivity contribution < 1.29 is 4.74 Å². The van der Waals surface area contributed by atoms with Crippen LogP contribution < -0.4 is 10.5 Å². The van der Waals surface area contributed by atoms with E-state index in [2.05, 4.69) is 18.2 Å². The zero-order chi connectivity index (χ0) is 9.26. The van der Waals surface area contributed by atoms with Crippen molar-refractivity contribution in [3.63, 3.8) is 0 Å². The van der Waals surface area contributed by atoms with Crippen molar-refractivity contribution in [2.24, 2.45) is 5.73 Å². The highest BCUT2D eigenvalue weighted by Gasteiger charge is 2.18. The summed E-state index contributed by atoms with van der Waals surface area (Å²) in [5, 5.41) is 0. The first kappa shape index (κ1) is 8.32. The highest BCUT2D eigenvalue weighted by molar-refractivity contribution is 5.80. The molecule has 0 aromatic heterocycles. The number of methoxy groups -OCH3 is 1. The van der Waals surface area contributed by atoms with Gasteiger partial charge in [-0.2, -0.15) is 0 Å². The molecule has 0 heterocycles. The summed E-state index contributed by atoms with van der Waals surface area (Å²) in [4.78, 5) is 0. The lowest BCUT2D eigenvalue weighted by Gasteiger charge is -2.23. The van der Waals surface area contributed by atoms with Crippen LogP contribution in [0.15, 0.2) is 24.3 Å². The van der Waals surface area contributed by atoms with E-state index >= 15 is 0 Å². The summed E-state index contributed by atoms with van der Waals surface area (Å²) in [6.45, 7) is 0.617. The van der Waals surface area contributed by atoms with Crippen LogP contribution >= 0.6 is 0 Å². The molecule has 2 rings (SSSR count). The molecular weight excluding hydrogens is 162 g/mol. The van der Waals surface area contributed by atoms with Gasteiger partial charge >= 0.3 is 0 Å². The molecular formula is C11H13NO. The fraction of sp³-hybridized carbons (Fsp3) is 0.273. The Bertz CT molecular complexity index is 355. The Kier molecular flexibility index (Phi) is 2.07. The zero-order valence-electron chi connectivity index (χ0n) is 7.71. The van der Waals surface area contributed by atoms with Crippen LogP contribution in [0.3, 0.4) is 0 Å². The monoisotopic (exact) mass is 175 g/mol. The number of hydrogen-bond acceptors (Lipinski definition) is 2. The molecule has 0 saturated carbocycles. The van der Waals surface area contributed by atoms with Gasteiger partial charge in [0.2, 0.25) is 0 Å². The van der Waals surface area contributed by atoms with E-state index in [1.54, 1.807) is 7.11 Å². The molecule has 68 valence electrons. The van der Waals surface area contributed by atoms with E-state index < -0.39 is 0 Å². The van der Waals surface area contributed by atoms with Gasteiger partial charge in [-0.05, 0) is 35.3 Å². The van der Waals surface area contributed by atoms with Gasteiger partial charge in [-0.25, -0.2) is 0 Å². The van der Waals surface area contributed by atoms with Crippen molar-refractivity contribution in [3.05, 3.63) is 35.4 Å². The van der Waals surface area contributed by atoms with Crippen LogP contribution in [0.5, 0.6) is 5.75 Å². The first-order chi connectivity index (χ1) is 6.35. The normalized spacial score (nSPS) is 16.6. The maximum absolute atomic E-state index is 5.46. The lowest BCUT2D eigenvalue weighted by Crippen LogP contribution is -2.09. The minimum Gasteiger partial charge on any atom is -0.497 e. The Morgan fingerprint density at radius 3 is 3.08 bits per heavy atom. The number of hydrogen-bond donors (Lipinski definition) is 1. The number of fused-ring (bicyclic) bond motifs is 1. The van der Waals surface area contributed by atoms with E-state index in [1.165, 1.54) is 16.7 Å². The van der Waals surface area contributed by atoms with Gasteiger partial charge in [-0.1, -0.05) is 12.1 Å². The molecule has 0 saturated heterocycles. The van der Waals surface area contributed by atoms with Crippen molar-refractivity contribution in [2.45, 2.75) is 6.42 Å². The average molecular weight is 175 g/mol. The molecule has 0 amide bonds. The molecule has 1 aromatic rings. The van der Waals surface area contributed by atoms with E-state index in [0.29, 0.717) is 6.54 Å². The predicted molar refractivity (Wildman–Crippen MR) is 53.7 cm³/mol. The molecule has 0 atom stereocenters. The Morgan fingerprint density at radius 1 is 1.54 bits per heavy atom. The van der Waals surface area contributed by atoms with Crippen LogP contribution in [0, 0.1) is 0 Å². The largest absolute Gasteiger partial charge is 0.497 e. The van der Waals surface area contributed by atoms with Gasteiger partial charge in [0.05, 0.1) is 7.11 Å². The predicted octanol–water partition coefficient (Wildman–Crippen LogP) is 1.59. The first-order valence-corrected chi connectivity index (χ1v) is 4.41. The van der Waals surface area contributed by atoms with Gasteiger partial charge in [0.25, 0.3) is 0 Å². The summed E-state index contributed by atoms with van der Waals surface area (Å²) in [6.07, 6.45) is 3.12. The Labute approximate surface area is 78.0 Å². The topological polar surface area (TPSA) is 35.2 Å². The molecule has 0 unspecified atom stereocenters. The van der Waals surface area contributed by atoms with Crippen molar-refractivity contribution >= 4 is 5.57 Å². The second kappa shape index (κ2) is 3.23. The number of ether oxygens (including phenoxy) is 1. The van der Waals surface area contributed by atoms with Crippen LogP contribution in [0.2, 0.25) is 0 Å². The molecule has 0 aliphatic heterocycles. The molecule has 2 heteroatoms. The highest BCUT2D eigenvalue weighted by Crippen LogP contribution is 2.36. The molecule has 0 fully saturated rings.